The molecule has 1 aromatic rings. The van der Waals surface area contributed by atoms with Crippen molar-refractivity contribution in [1.82, 2.24) is 9.71 Å². The highest BCUT2D eigenvalue weighted by Crippen LogP contribution is 2.35. The van der Waals surface area contributed by atoms with E-state index in [1.807, 2.05) is 0 Å². The van der Waals surface area contributed by atoms with Gasteiger partial charge in [-0.2, -0.15) is 0 Å². The summed E-state index contributed by atoms with van der Waals surface area (Å²) < 4.78 is 27.2. The van der Waals surface area contributed by atoms with E-state index in [4.69, 9.17) is 11.6 Å². The maximum Gasteiger partial charge on any atom is 0.251 e. The van der Waals surface area contributed by atoms with Gasteiger partial charge in [-0.25, -0.2) is 18.1 Å². The molecule has 102 valence electrons. The van der Waals surface area contributed by atoms with Gasteiger partial charge in [0.25, 0.3) is 10.0 Å². The van der Waals surface area contributed by atoms with Crippen molar-refractivity contribution in [2.45, 2.75) is 43.2 Å². The number of aromatic nitrogens is 1. The Morgan fingerprint density at radius 1 is 1.44 bits per heavy atom. The standard InChI is InChI=1S/C11H17ClN2O2S2/c1-11(5-3-2-4-6-11)8-14-18(15,16)9-7-13-10(12)17-9/h7,14H,2-6,8H2,1H3. The van der Waals surface area contributed by atoms with Crippen LogP contribution in [0.25, 0.3) is 0 Å². The lowest BCUT2D eigenvalue weighted by atomic mass is 9.76. The lowest BCUT2D eigenvalue weighted by Crippen LogP contribution is -2.36. The molecule has 1 heterocycles. The molecular weight excluding hydrogens is 292 g/mol. The van der Waals surface area contributed by atoms with E-state index in [9.17, 15) is 8.42 Å². The second kappa shape index (κ2) is 5.45. The van der Waals surface area contributed by atoms with Crippen LogP contribution in [-0.2, 0) is 10.0 Å². The van der Waals surface area contributed by atoms with Gasteiger partial charge in [-0.15, -0.1) is 0 Å². The Hall–Kier alpha value is -0.170. The molecule has 7 heteroatoms. The van der Waals surface area contributed by atoms with Crippen LogP contribution >= 0.6 is 22.9 Å². The molecule has 1 fully saturated rings. The molecule has 1 aliphatic rings. The number of sulfonamides is 1. The highest BCUT2D eigenvalue weighted by Gasteiger charge is 2.29. The molecule has 0 radical (unpaired) electrons. The number of hydrogen-bond acceptors (Lipinski definition) is 4. The van der Waals surface area contributed by atoms with Crippen LogP contribution in [0.5, 0.6) is 0 Å². The molecule has 0 atom stereocenters. The van der Waals surface area contributed by atoms with E-state index in [0.717, 1.165) is 24.2 Å². The summed E-state index contributed by atoms with van der Waals surface area (Å²) >= 11 is 6.64. The number of hydrogen-bond donors (Lipinski definition) is 1. The van der Waals surface area contributed by atoms with Gasteiger partial charge in [0.1, 0.15) is 0 Å². The van der Waals surface area contributed by atoms with Gasteiger partial charge < -0.3 is 0 Å². The van der Waals surface area contributed by atoms with E-state index in [-0.39, 0.29) is 14.1 Å². The van der Waals surface area contributed by atoms with Crippen LogP contribution in [0.15, 0.2) is 10.4 Å². The van der Waals surface area contributed by atoms with Crippen LogP contribution in [-0.4, -0.2) is 19.9 Å². The van der Waals surface area contributed by atoms with Crippen molar-refractivity contribution >= 4 is 33.0 Å². The molecule has 2 rings (SSSR count). The zero-order valence-corrected chi connectivity index (χ0v) is 12.7. The lowest BCUT2D eigenvalue weighted by Gasteiger charge is -2.33. The zero-order chi connectivity index (χ0) is 13.2. The predicted octanol–water partition coefficient (Wildman–Crippen LogP) is 3.05. The quantitative estimate of drug-likeness (QED) is 0.930. The van der Waals surface area contributed by atoms with Gasteiger partial charge in [0.2, 0.25) is 0 Å². The summed E-state index contributed by atoms with van der Waals surface area (Å²) in [6.45, 7) is 2.64. The van der Waals surface area contributed by atoms with Crippen molar-refractivity contribution in [3.8, 4) is 0 Å². The van der Waals surface area contributed by atoms with Gasteiger partial charge in [0.05, 0.1) is 6.20 Å². The number of thiazole rings is 1. The topological polar surface area (TPSA) is 59.1 Å². The first-order chi connectivity index (χ1) is 8.41. The fourth-order valence-electron chi connectivity index (χ4n) is 2.29. The molecule has 4 nitrogen and oxygen atoms in total. The minimum absolute atomic E-state index is 0.0831. The van der Waals surface area contributed by atoms with Gasteiger partial charge in [-0.3, -0.25) is 0 Å². The van der Waals surface area contributed by atoms with Crippen LogP contribution in [0.4, 0.5) is 0 Å². The van der Waals surface area contributed by atoms with Crippen LogP contribution < -0.4 is 4.72 Å². The Morgan fingerprint density at radius 2 is 2.11 bits per heavy atom. The smallest absolute Gasteiger partial charge is 0.232 e. The summed E-state index contributed by atoms with van der Waals surface area (Å²) in [4.78, 5) is 3.76. The van der Waals surface area contributed by atoms with E-state index in [2.05, 4.69) is 16.6 Å². The SMILES string of the molecule is CC1(CNS(=O)(=O)c2cnc(Cl)s2)CCCCC1. The van der Waals surface area contributed by atoms with Crippen molar-refractivity contribution in [3.05, 3.63) is 10.7 Å². The molecule has 0 amide bonds. The molecule has 1 N–H and O–H groups in total. The van der Waals surface area contributed by atoms with Gasteiger partial charge >= 0.3 is 0 Å². The van der Waals surface area contributed by atoms with Crippen molar-refractivity contribution in [2.75, 3.05) is 6.54 Å². The monoisotopic (exact) mass is 308 g/mol. The van der Waals surface area contributed by atoms with Crippen LogP contribution in [0.2, 0.25) is 4.47 Å². The van der Waals surface area contributed by atoms with Gasteiger partial charge in [0, 0.05) is 6.54 Å². The fourth-order valence-corrected chi connectivity index (χ4v) is 4.82. The molecule has 1 aromatic heterocycles. The van der Waals surface area contributed by atoms with Crippen molar-refractivity contribution in [3.63, 3.8) is 0 Å². The summed E-state index contributed by atoms with van der Waals surface area (Å²) in [5.74, 6) is 0. The molecule has 0 aliphatic heterocycles. The first kappa shape index (κ1) is 14.2. The van der Waals surface area contributed by atoms with Gasteiger partial charge in [0.15, 0.2) is 8.68 Å². The zero-order valence-electron chi connectivity index (χ0n) is 10.3. The first-order valence-electron chi connectivity index (χ1n) is 6.02. The van der Waals surface area contributed by atoms with Crippen molar-refractivity contribution in [2.24, 2.45) is 5.41 Å². The van der Waals surface area contributed by atoms with Crippen LogP contribution in [0.3, 0.4) is 0 Å². The Morgan fingerprint density at radius 3 is 2.67 bits per heavy atom. The Bertz CT molecular complexity index is 507. The van der Waals surface area contributed by atoms with Gasteiger partial charge in [-0.05, 0) is 18.3 Å². The molecule has 0 spiro atoms. The normalized spacial score (nSPS) is 19.9. The summed E-state index contributed by atoms with van der Waals surface area (Å²) in [5, 5.41) is 0. The average molecular weight is 309 g/mol. The number of halogens is 1. The second-order valence-electron chi connectivity index (χ2n) is 5.13. The first-order valence-corrected chi connectivity index (χ1v) is 8.70. The number of nitrogens with one attached hydrogen (secondary N) is 1. The van der Waals surface area contributed by atoms with Crippen LogP contribution in [0, 0.1) is 5.41 Å². The summed E-state index contributed by atoms with van der Waals surface area (Å²) in [6.07, 6.45) is 7.10. The van der Waals surface area contributed by atoms with Crippen LogP contribution in [0.1, 0.15) is 39.0 Å². The molecular formula is C11H17ClN2O2S2. The largest absolute Gasteiger partial charge is 0.251 e. The van der Waals surface area contributed by atoms with E-state index in [0.29, 0.717) is 6.54 Å². The second-order valence-corrected chi connectivity index (χ2v) is 8.73. The number of nitrogens with zero attached hydrogens (tertiary/aromatic N) is 1. The summed E-state index contributed by atoms with van der Waals surface area (Å²) in [7, 11) is -3.46. The Kier molecular flexibility index (Phi) is 4.31. The number of rotatable bonds is 4. The summed E-state index contributed by atoms with van der Waals surface area (Å²) in [6, 6.07) is 0. The molecule has 0 saturated heterocycles. The third-order valence-corrected chi connectivity index (χ3v) is 6.45. The minimum atomic E-state index is -3.46. The summed E-state index contributed by atoms with van der Waals surface area (Å²) in [5.41, 5.74) is 0.0831. The average Bonchev–Trinajstić information content (AvgIpc) is 2.76. The van der Waals surface area contributed by atoms with E-state index < -0.39 is 10.0 Å². The molecule has 0 aromatic carbocycles. The highest BCUT2D eigenvalue weighted by molar-refractivity contribution is 7.91. The maximum absolute atomic E-state index is 12.0. The molecule has 18 heavy (non-hydrogen) atoms. The maximum atomic E-state index is 12.0. The minimum Gasteiger partial charge on any atom is -0.232 e. The van der Waals surface area contributed by atoms with E-state index >= 15 is 0 Å². The predicted molar refractivity (Wildman–Crippen MR) is 73.5 cm³/mol. The molecule has 1 saturated carbocycles. The van der Waals surface area contributed by atoms with E-state index in [1.165, 1.54) is 25.5 Å². The fraction of sp³-hybridized carbons (Fsp3) is 0.727. The van der Waals surface area contributed by atoms with Crippen molar-refractivity contribution in [1.29, 1.82) is 0 Å². The third kappa shape index (κ3) is 3.44. The lowest BCUT2D eigenvalue weighted by molar-refractivity contribution is 0.219. The Balaban J connectivity index is 2.01. The molecule has 0 unspecified atom stereocenters. The Labute approximate surface area is 117 Å². The highest BCUT2D eigenvalue weighted by atomic mass is 35.5. The van der Waals surface area contributed by atoms with Crippen molar-refractivity contribution < 1.29 is 8.42 Å². The third-order valence-electron chi connectivity index (χ3n) is 3.47. The molecule has 1 aliphatic carbocycles. The van der Waals surface area contributed by atoms with Gasteiger partial charge in [-0.1, -0.05) is 49.1 Å². The molecule has 0 bridgehead atoms. The van der Waals surface area contributed by atoms with E-state index in [1.54, 1.807) is 0 Å².